The predicted octanol–water partition coefficient (Wildman–Crippen LogP) is 2.36. The van der Waals surface area contributed by atoms with Crippen molar-refractivity contribution in [2.24, 2.45) is 16.6 Å². The first-order valence-electron chi connectivity index (χ1n) is 9.70. The Morgan fingerprint density at radius 2 is 1.71 bits per heavy atom. The number of aliphatic imine (C=N–C) groups is 1. The van der Waals surface area contributed by atoms with E-state index in [1.165, 1.54) is 12.1 Å². The molecule has 170 valence electrons. The lowest BCUT2D eigenvalue weighted by atomic mass is 9.99. The van der Waals surface area contributed by atoms with Gasteiger partial charge in [0.25, 0.3) is 0 Å². The molecule has 11 heteroatoms. The Kier molecular flexibility index (Phi) is 9.05. The molecule has 0 amide bonds. The van der Waals surface area contributed by atoms with E-state index in [-0.39, 0.29) is 29.5 Å². The number of alkyl halides is 3. The maximum absolute atomic E-state index is 12.7. The number of hydrogen-bond acceptors (Lipinski definition) is 5. The monoisotopic (exact) mass is 502 g/mol. The van der Waals surface area contributed by atoms with E-state index in [1.807, 2.05) is 4.90 Å². The van der Waals surface area contributed by atoms with Gasteiger partial charge in [-0.2, -0.15) is 13.2 Å². The fourth-order valence-corrected chi connectivity index (χ4v) is 3.26. The first kappa shape index (κ1) is 24.9. The maximum Gasteiger partial charge on any atom is 0.416 e. The summed E-state index contributed by atoms with van der Waals surface area (Å²) in [5, 5.41) is 9.63. The molecule has 1 aromatic carbocycles. The molecule has 31 heavy (non-hydrogen) atoms. The molecule has 0 bridgehead atoms. The van der Waals surface area contributed by atoms with Gasteiger partial charge in [0, 0.05) is 57.6 Å². The van der Waals surface area contributed by atoms with Gasteiger partial charge in [0.15, 0.2) is 5.96 Å². The molecule has 7 nitrogen and oxygen atoms in total. The van der Waals surface area contributed by atoms with Crippen molar-refractivity contribution in [3.05, 3.63) is 53.9 Å². The molecule has 1 saturated heterocycles. The molecule has 1 atom stereocenters. The minimum Gasteiger partial charge on any atom is -0.396 e. The van der Waals surface area contributed by atoms with Crippen molar-refractivity contribution in [3.63, 3.8) is 0 Å². The molecule has 1 unspecified atom stereocenters. The average Bonchev–Trinajstić information content (AvgIpc) is 2.77. The number of hydrogen-bond donors (Lipinski definition) is 2. The van der Waals surface area contributed by atoms with Gasteiger partial charge in [-0.1, -0.05) is 12.1 Å². The van der Waals surface area contributed by atoms with Gasteiger partial charge in [-0.15, -0.1) is 17.0 Å². The summed E-state index contributed by atoms with van der Waals surface area (Å²) >= 11 is 0. The number of aliphatic hydroxyl groups excluding tert-OH is 1. The number of rotatable bonds is 6. The molecule has 0 spiro atoms. The zero-order valence-corrected chi connectivity index (χ0v) is 18.6. The molecule has 0 saturated carbocycles. The minimum absolute atomic E-state index is 0. The van der Waals surface area contributed by atoms with Crippen LogP contribution in [0.5, 0.6) is 0 Å². The Labute approximate surface area is 189 Å². The normalized spacial score (nSPS) is 16.1. The highest BCUT2D eigenvalue weighted by Crippen LogP contribution is 2.29. The summed E-state index contributed by atoms with van der Waals surface area (Å²) in [7, 11) is 0. The van der Waals surface area contributed by atoms with Crippen LogP contribution in [-0.2, 0) is 12.6 Å². The van der Waals surface area contributed by atoms with Crippen molar-refractivity contribution in [2.45, 2.75) is 12.6 Å². The van der Waals surface area contributed by atoms with E-state index in [2.05, 4.69) is 19.9 Å². The lowest BCUT2D eigenvalue weighted by Gasteiger charge is -2.35. The number of nitrogens with zero attached hydrogens (tertiary/aromatic N) is 5. The summed E-state index contributed by atoms with van der Waals surface area (Å²) in [6, 6.07) is 6.74. The molecule has 0 aliphatic carbocycles. The van der Waals surface area contributed by atoms with Crippen molar-refractivity contribution < 1.29 is 18.3 Å². The van der Waals surface area contributed by atoms with Crippen LogP contribution in [-0.4, -0.2) is 65.3 Å². The molecule has 3 rings (SSSR count). The Bertz CT molecular complexity index is 827. The number of aromatic nitrogens is 2. The zero-order chi connectivity index (χ0) is 21.6. The third-order valence-corrected chi connectivity index (χ3v) is 5.01. The third kappa shape index (κ3) is 7.06. The molecule has 1 aliphatic heterocycles. The summed E-state index contributed by atoms with van der Waals surface area (Å²) in [6.07, 6.45) is -0.526. The van der Waals surface area contributed by atoms with E-state index in [9.17, 15) is 18.3 Å². The lowest BCUT2D eigenvalue weighted by molar-refractivity contribution is -0.137. The average molecular weight is 503 g/mol. The summed E-state index contributed by atoms with van der Waals surface area (Å²) in [6.45, 7) is 2.96. The van der Waals surface area contributed by atoms with Gasteiger partial charge < -0.3 is 20.6 Å². The first-order chi connectivity index (χ1) is 14.4. The summed E-state index contributed by atoms with van der Waals surface area (Å²) in [5.74, 6) is 0.860. The number of piperazine rings is 1. The fourth-order valence-electron chi connectivity index (χ4n) is 3.26. The van der Waals surface area contributed by atoms with E-state index >= 15 is 0 Å². The number of nitrogens with two attached hydrogens (primary N) is 1. The number of benzene rings is 1. The second-order valence-corrected chi connectivity index (χ2v) is 7.17. The first-order valence-corrected chi connectivity index (χ1v) is 9.70. The highest BCUT2D eigenvalue weighted by atomic mass is 79.9. The topological polar surface area (TPSA) is 90.9 Å². The Balaban J connectivity index is 0.00000341. The SMILES string of the molecule is Br.NC(=NCC(CO)Cc1ccc(C(F)(F)F)cc1)N1CCN(c2ncccn2)CC1. The maximum atomic E-state index is 12.7. The number of halogens is 4. The molecule has 1 aliphatic rings. The van der Waals surface area contributed by atoms with Gasteiger partial charge in [0.05, 0.1) is 5.56 Å². The van der Waals surface area contributed by atoms with Crippen molar-refractivity contribution in [3.8, 4) is 0 Å². The predicted molar refractivity (Wildman–Crippen MR) is 118 cm³/mol. The highest BCUT2D eigenvalue weighted by Gasteiger charge is 2.30. The van der Waals surface area contributed by atoms with Crippen molar-refractivity contribution >= 4 is 28.9 Å². The Morgan fingerprint density at radius 1 is 1.10 bits per heavy atom. The van der Waals surface area contributed by atoms with Crippen LogP contribution in [0.1, 0.15) is 11.1 Å². The lowest BCUT2D eigenvalue weighted by Crippen LogP contribution is -2.51. The van der Waals surface area contributed by atoms with E-state index in [0.717, 1.165) is 25.2 Å². The van der Waals surface area contributed by atoms with Gasteiger partial charge in [-0.05, 0) is 30.2 Å². The quantitative estimate of drug-likeness (QED) is 0.465. The van der Waals surface area contributed by atoms with E-state index < -0.39 is 11.7 Å². The van der Waals surface area contributed by atoms with Crippen LogP contribution in [0, 0.1) is 5.92 Å². The molecule has 1 aromatic heterocycles. The standard InChI is InChI=1S/C20H25F3N6O.BrH/c21-20(22,23)17-4-2-15(3-5-17)12-16(14-30)13-27-18(24)28-8-10-29(11-9-28)19-25-6-1-7-26-19;/h1-7,16,30H,8-14H2,(H2,24,27);1H. The molecular weight excluding hydrogens is 477 g/mol. The molecule has 2 heterocycles. The van der Waals surface area contributed by atoms with Crippen LogP contribution in [0.3, 0.4) is 0 Å². The van der Waals surface area contributed by atoms with Gasteiger partial charge in [-0.3, -0.25) is 4.99 Å². The summed E-state index contributed by atoms with van der Waals surface area (Å²) in [4.78, 5) is 16.9. The highest BCUT2D eigenvalue weighted by molar-refractivity contribution is 8.93. The molecule has 2 aromatic rings. The van der Waals surface area contributed by atoms with Crippen LogP contribution in [0.25, 0.3) is 0 Å². The minimum atomic E-state index is -4.36. The number of guanidine groups is 1. The van der Waals surface area contributed by atoms with Crippen LogP contribution in [0.15, 0.2) is 47.7 Å². The van der Waals surface area contributed by atoms with Gasteiger partial charge in [0.1, 0.15) is 0 Å². The summed E-state index contributed by atoms with van der Waals surface area (Å²) in [5.41, 5.74) is 6.15. The van der Waals surface area contributed by atoms with Crippen molar-refractivity contribution in [2.75, 3.05) is 44.2 Å². The largest absolute Gasteiger partial charge is 0.416 e. The van der Waals surface area contributed by atoms with Gasteiger partial charge in [-0.25, -0.2) is 9.97 Å². The van der Waals surface area contributed by atoms with Crippen LogP contribution in [0.4, 0.5) is 19.1 Å². The zero-order valence-electron chi connectivity index (χ0n) is 16.9. The van der Waals surface area contributed by atoms with Gasteiger partial charge in [0.2, 0.25) is 5.95 Å². The van der Waals surface area contributed by atoms with Crippen molar-refractivity contribution in [1.82, 2.24) is 14.9 Å². The smallest absolute Gasteiger partial charge is 0.396 e. The molecular formula is C20H26BrF3N6O. The third-order valence-electron chi connectivity index (χ3n) is 5.01. The van der Waals surface area contributed by atoms with Crippen LogP contribution < -0.4 is 10.6 Å². The van der Waals surface area contributed by atoms with Crippen molar-refractivity contribution in [1.29, 1.82) is 0 Å². The summed E-state index contributed by atoms with van der Waals surface area (Å²) < 4.78 is 38.0. The van der Waals surface area contributed by atoms with E-state index in [0.29, 0.717) is 43.5 Å². The van der Waals surface area contributed by atoms with Crippen LogP contribution >= 0.6 is 17.0 Å². The second-order valence-electron chi connectivity index (χ2n) is 7.17. The van der Waals surface area contributed by atoms with E-state index in [4.69, 9.17) is 5.73 Å². The molecule has 3 N–H and O–H groups in total. The number of anilines is 1. The molecule has 0 radical (unpaired) electrons. The number of aliphatic hydroxyl groups is 1. The van der Waals surface area contributed by atoms with E-state index in [1.54, 1.807) is 18.5 Å². The second kappa shape index (κ2) is 11.3. The fraction of sp³-hybridized carbons (Fsp3) is 0.450. The van der Waals surface area contributed by atoms with Gasteiger partial charge >= 0.3 is 6.18 Å². The Morgan fingerprint density at radius 3 is 2.26 bits per heavy atom. The Hall–Kier alpha value is -2.40. The van der Waals surface area contributed by atoms with Crippen LogP contribution in [0.2, 0.25) is 0 Å². The molecule has 1 fully saturated rings.